The highest BCUT2D eigenvalue weighted by Crippen LogP contribution is 2.57. The minimum atomic E-state index is -4.40. The molecule has 13 heteroatoms. The summed E-state index contributed by atoms with van der Waals surface area (Å²) in [6.45, 7) is 13.1. The van der Waals surface area contributed by atoms with Crippen LogP contribution in [0.4, 0.5) is 20.2 Å². The van der Waals surface area contributed by atoms with Crippen molar-refractivity contribution in [3.8, 4) is 0 Å². The molecule has 3 aromatic carbocycles. The van der Waals surface area contributed by atoms with Crippen LogP contribution in [0.3, 0.4) is 0 Å². The molecule has 2 unspecified atom stereocenters. The molecule has 10 rings (SSSR count). The molecule has 3 heterocycles. The van der Waals surface area contributed by atoms with Gasteiger partial charge in [0.25, 0.3) is 10.1 Å². The number of nitrogens with zero attached hydrogens (tertiary/aromatic N) is 3. The quantitative estimate of drug-likeness (QED) is 0.0841. The Balaban J connectivity index is 0.832. The molecule has 340 valence electrons. The third-order valence-corrected chi connectivity index (χ3v) is 16.3. The van der Waals surface area contributed by atoms with Gasteiger partial charge >= 0.3 is 0 Å². The van der Waals surface area contributed by atoms with Crippen molar-refractivity contribution >= 4 is 39.0 Å². The van der Waals surface area contributed by atoms with Crippen molar-refractivity contribution in [1.82, 2.24) is 15.5 Å². The van der Waals surface area contributed by atoms with Crippen molar-refractivity contribution in [3.63, 3.8) is 0 Å². The minimum absolute atomic E-state index is 0.0641. The van der Waals surface area contributed by atoms with Gasteiger partial charge in [-0.25, -0.2) is 8.78 Å². The van der Waals surface area contributed by atoms with Gasteiger partial charge in [0, 0.05) is 71.6 Å². The van der Waals surface area contributed by atoms with E-state index in [1.807, 2.05) is 0 Å². The summed E-state index contributed by atoms with van der Waals surface area (Å²) in [6, 6.07) is 15.8. The number of unbranched alkanes of at least 4 members (excludes halogenated alkanes) is 2. The predicted octanol–water partition coefficient (Wildman–Crippen LogP) is 8.75. The number of carbonyl (C=O) groups is 2. The zero-order chi connectivity index (χ0) is 45.4. The summed E-state index contributed by atoms with van der Waals surface area (Å²) >= 11 is 0. The predicted molar refractivity (Wildman–Crippen MR) is 244 cm³/mol. The molecule has 0 aromatic heterocycles. The number of allylic oxidation sites excluding steroid dienone is 4. The Morgan fingerprint density at radius 3 is 2.22 bits per heavy atom. The first-order chi connectivity index (χ1) is 30.3. The second-order valence-corrected chi connectivity index (χ2v) is 22.1. The molecular formula is C51H62F2N5O5S+. The number of benzene rings is 3. The Morgan fingerprint density at radius 1 is 0.875 bits per heavy atom. The summed E-state index contributed by atoms with van der Waals surface area (Å²) in [6.07, 6.45) is 15.0. The van der Waals surface area contributed by atoms with E-state index in [0.717, 1.165) is 81.3 Å². The number of anilines is 1. The Bertz CT molecular complexity index is 2570. The molecule has 64 heavy (non-hydrogen) atoms. The van der Waals surface area contributed by atoms with E-state index in [9.17, 15) is 31.3 Å². The Labute approximate surface area is 376 Å². The van der Waals surface area contributed by atoms with Crippen LogP contribution in [-0.4, -0.2) is 70.7 Å². The molecule has 0 radical (unpaired) electrons. The van der Waals surface area contributed by atoms with Crippen LogP contribution in [0.2, 0.25) is 0 Å². The highest BCUT2D eigenvalue weighted by atomic mass is 32.2. The summed E-state index contributed by atoms with van der Waals surface area (Å²) in [4.78, 5) is 30.9. The van der Waals surface area contributed by atoms with E-state index in [1.165, 1.54) is 35.2 Å². The standard InChI is InChI=1S/C51H61F2N5O5S/c1-6-57-42-14-10-9-13-38(42)48(2,3)44(57)15-12-16-45-49(4,5)39-24-37(64(61,62)63)18-19-43(39)58(45)20-11-7-8-17-46(59)55-51-27-33-21-34(28-51)26-50(25-33,32-51)54-29-47(60)56-30-35-22-40(52)41(53)23-36(35)31-56/h9-10,12-16,18-19,22-24,33-34,54H,6-8,11,17,20-21,25-32H2,1-5H3,(H-,55,59,61,62,63)/p+1. The van der Waals surface area contributed by atoms with Gasteiger partial charge in [0.05, 0.1) is 16.9 Å². The maximum atomic E-state index is 13.9. The van der Waals surface area contributed by atoms with E-state index in [0.29, 0.717) is 35.9 Å². The van der Waals surface area contributed by atoms with Crippen LogP contribution in [0.1, 0.15) is 121 Å². The van der Waals surface area contributed by atoms with Crippen molar-refractivity contribution in [2.24, 2.45) is 11.8 Å². The zero-order valence-electron chi connectivity index (χ0n) is 37.8. The Kier molecular flexibility index (Phi) is 11.3. The average Bonchev–Trinajstić information content (AvgIpc) is 3.80. The molecule has 0 spiro atoms. The lowest BCUT2D eigenvalue weighted by atomic mass is 9.50. The second kappa shape index (κ2) is 16.3. The van der Waals surface area contributed by atoms with Crippen LogP contribution in [0, 0.1) is 23.5 Å². The van der Waals surface area contributed by atoms with Crippen LogP contribution in [0.25, 0.3) is 0 Å². The molecule has 7 aliphatic rings. The van der Waals surface area contributed by atoms with Crippen LogP contribution in [0.5, 0.6) is 0 Å². The maximum absolute atomic E-state index is 13.9. The molecule has 10 nitrogen and oxygen atoms in total. The molecular weight excluding hydrogens is 833 g/mol. The summed E-state index contributed by atoms with van der Waals surface area (Å²) in [5.74, 6) is -0.849. The fourth-order valence-electron chi connectivity index (χ4n) is 12.9. The van der Waals surface area contributed by atoms with Crippen molar-refractivity contribution < 1.29 is 35.9 Å². The van der Waals surface area contributed by atoms with Crippen LogP contribution < -0.4 is 15.5 Å². The Hall–Kier alpha value is -4.72. The summed E-state index contributed by atoms with van der Waals surface area (Å²) < 4.78 is 64.5. The van der Waals surface area contributed by atoms with Gasteiger partial charge in [-0.1, -0.05) is 44.5 Å². The smallest absolute Gasteiger partial charge is 0.294 e. The third kappa shape index (κ3) is 8.03. The van der Waals surface area contributed by atoms with E-state index < -0.39 is 27.2 Å². The molecule has 4 fully saturated rings. The highest BCUT2D eigenvalue weighted by Gasteiger charge is 2.58. The molecule has 2 amide bonds. The lowest BCUT2D eigenvalue weighted by Crippen LogP contribution is -2.69. The highest BCUT2D eigenvalue weighted by molar-refractivity contribution is 7.85. The molecule has 4 saturated carbocycles. The van der Waals surface area contributed by atoms with E-state index in [4.69, 9.17) is 0 Å². The number of halogens is 2. The van der Waals surface area contributed by atoms with E-state index in [2.05, 4.69) is 97.2 Å². The molecule has 2 atom stereocenters. The number of fused-ring (bicyclic) bond motifs is 3. The number of para-hydroxylation sites is 1. The number of hydrogen-bond acceptors (Lipinski definition) is 6. The van der Waals surface area contributed by atoms with Gasteiger partial charge in [-0.05, 0) is 137 Å². The average molecular weight is 895 g/mol. The van der Waals surface area contributed by atoms with Crippen molar-refractivity contribution in [1.29, 1.82) is 0 Å². The van der Waals surface area contributed by atoms with Gasteiger partial charge in [0.15, 0.2) is 17.3 Å². The molecule has 3 aliphatic heterocycles. The maximum Gasteiger partial charge on any atom is 0.294 e. The number of rotatable bonds is 14. The van der Waals surface area contributed by atoms with Crippen molar-refractivity contribution in [2.75, 3.05) is 24.5 Å². The number of hydrogen-bond donors (Lipinski definition) is 3. The van der Waals surface area contributed by atoms with Gasteiger partial charge < -0.3 is 20.4 Å². The molecule has 3 N–H and O–H groups in total. The van der Waals surface area contributed by atoms with Gasteiger partial charge in [-0.3, -0.25) is 14.1 Å². The molecule has 3 aromatic rings. The SMILES string of the molecule is CC[N+]1=C(/C=C/C=C2/N(CCCCCC(=O)NC34CC5CC(CC(NCC(=O)N6Cc7cc(F)c(F)cc7C6)(C5)C3)C4)c3ccc(S(=O)(=O)O)cc3C2(C)C)C(C)(C)c2ccccc21. The fourth-order valence-corrected chi connectivity index (χ4v) is 13.4. The number of amides is 2. The largest absolute Gasteiger partial charge is 0.351 e. The monoisotopic (exact) mass is 894 g/mol. The summed E-state index contributed by atoms with van der Waals surface area (Å²) in [5, 5.41) is 7.17. The fraction of sp³-hybridized carbons (Fsp3) is 0.510. The van der Waals surface area contributed by atoms with Crippen molar-refractivity contribution in [3.05, 3.63) is 112 Å². The lowest BCUT2D eigenvalue weighted by molar-refractivity contribution is -0.433. The van der Waals surface area contributed by atoms with Gasteiger partial charge in [-0.15, -0.1) is 0 Å². The van der Waals surface area contributed by atoms with Crippen molar-refractivity contribution in [2.45, 2.75) is 139 Å². The first-order valence-corrected chi connectivity index (χ1v) is 24.6. The Morgan fingerprint density at radius 2 is 1.55 bits per heavy atom. The number of nitrogens with one attached hydrogen (secondary N) is 2. The van der Waals surface area contributed by atoms with E-state index >= 15 is 0 Å². The van der Waals surface area contributed by atoms with Crippen LogP contribution in [-0.2, 0) is 43.6 Å². The first kappa shape index (κ1) is 44.5. The van der Waals surface area contributed by atoms with Crippen LogP contribution in [0.15, 0.2) is 83.4 Å². The van der Waals surface area contributed by atoms with E-state index in [1.54, 1.807) is 17.0 Å². The molecule has 4 bridgehead atoms. The van der Waals surface area contributed by atoms with Gasteiger partial charge in [0.1, 0.15) is 6.54 Å². The zero-order valence-corrected chi connectivity index (χ0v) is 38.6. The first-order valence-electron chi connectivity index (χ1n) is 23.1. The normalized spacial score (nSPS) is 26.6. The van der Waals surface area contributed by atoms with Crippen LogP contribution >= 0.6 is 0 Å². The number of carbonyl (C=O) groups excluding carboxylic acids is 2. The molecule has 4 aliphatic carbocycles. The van der Waals surface area contributed by atoms with E-state index in [-0.39, 0.29) is 52.8 Å². The summed E-state index contributed by atoms with van der Waals surface area (Å²) in [5.41, 5.74) is 6.53. The molecule has 0 saturated heterocycles. The lowest BCUT2D eigenvalue weighted by Gasteiger charge is -2.62. The topological polar surface area (TPSA) is 122 Å². The summed E-state index contributed by atoms with van der Waals surface area (Å²) in [7, 11) is -4.40. The third-order valence-electron chi connectivity index (χ3n) is 15.5. The second-order valence-electron chi connectivity index (χ2n) is 20.6. The van der Waals surface area contributed by atoms with Gasteiger partial charge in [0.2, 0.25) is 17.5 Å². The van der Waals surface area contributed by atoms with Gasteiger partial charge in [-0.2, -0.15) is 13.0 Å². The minimum Gasteiger partial charge on any atom is -0.351 e.